The van der Waals surface area contributed by atoms with Gasteiger partial charge in [-0.25, -0.2) is 9.59 Å². The van der Waals surface area contributed by atoms with Crippen molar-refractivity contribution in [2.24, 2.45) is 17.3 Å². The molecule has 0 bridgehead atoms. The number of hydrogen-bond donors (Lipinski definition) is 2. The second-order valence-corrected chi connectivity index (χ2v) is 6.16. The summed E-state index contributed by atoms with van der Waals surface area (Å²) >= 11 is 0. The Morgan fingerprint density at radius 2 is 1.56 bits per heavy atom. The summed E-state index contributed by atoms with van der Waals surface area (Å²) in [7, 11) is 0. The molecule has 2 N–H and O–H groups in total. The molecule has 0 aromatic carbocycles. The lowest BCUT2D eigenvalue weighted by Crippen LogP contribution is -2.28. The van der Waals surface area contributed by atoms with Crippen LogP contribution in [0, 0.1) is 17.3 Å². The highest BCUT2D eigenvalue weighted by Gasteiger charge is 2.32. The van der Waals surface area contributed by atoms with Crippen LogP contribution in [0.2, 0.25) is 0 Å². The Labute approximate surface area is 108 Å². The molecule has 0 aliphatic heterocycles. The molecule has 4 nitrogen and oxygen atoms in total. The first-order valence-corrected chi connectivity index (χ1v) is 6.39. The smallest absolute Gasteiger partial charge is 0.332 e. The molecule has 0 aromatic heterocycles. The van der Waals surface area contributed by atoms with Gasteiger partial charge in [-0.1, -0.05) is 20.8 Å². The zero-order chi connectivity index (χ0) is 13.9. The third kappa shape index (κ3) is 3.86. The first kappa shape index (κ1) is 14.7. The summed E-state index contributed by atoms with van der Waals surface area (Å²) in [5.41, 5.74) is 0.292. The van der Waals surface area contributed by atoms with Crippen molar-refractivity contribution in [2.75, 3.05) is 0 Å². The van der Waals surface area contributed by atoms with Crippen LogP contribution in [0.5, 0.6) is 0 Å². The van der Waals surface area contributed by atoms with Crippen LogP contribution in [-0.2, 0) is 9.59 Å². The molecule has 0 radical (unpaired) electrons. The minimum atomic E-state index is -1.18. The highest BCUT2D eigenvalue weighted by molar-refractivity contribution is 5.95. The Bertz CT molecular complexity index is 354. The molecule has 1 aliphatic carbocycles. The average molecular weight is 254 g/mol. The molecular weight excluding hydrogens is 232 g/mol. The molecule has 1 rings (SSSR count). The van der Waals surface area contributed by atoms with Gasteiger partial charge in [0.05, 0.1) is 0 Å². The molecule has 0 atom stereocenters. The van der Waals surface area contributed by atoms with Gasteiger partial charge in [-0.15, -0.1) is 0 Å². The van der Waals surface area contributed by atoms with Crippen molar-refractivity contribution in [3.8, 4) is 0 Å². The fourth-order valence-corrected chi connectivity index (χ4v) is 2.76. The van der Waals surface area contributed by atoms with E-state index in [-0.39, 0.29) is 16.9 Å². The molecule has 1 saturated carbocycles. The third-order valence-corrected chi connectivity index (χ3v) is 3.92. The van der Waals surface area contributed by atoms with E-state index in [2.05, 4.69) is 20.8 Å². The topological polar surface area (TPSA) is 74.6 Å². The number of hydrogen-bond acceptors (Lipinski definition) is 2. The summed E-state index contributed by atoms with van der Waals surface area (Å²) in [6.45, 7) is 6.59. The van der Waals surface area contributed by atoms with Gasteiger partial charge >= 0.3 is 11.9 Å². The van der Waals surface area contributed by atoms with E-state index in [0.717, 1.165) is 31.8 Å². The van der Waals surface area contributed by atoms with Crippen molar-refractivity contribution in [3.05, 3.63) is 11.6 Å². The Hall–Kier alpha value is -1.32. The van der Waals surface area contributed by atoms with E-state index in [0.29, 0.717) is 5.92 Å². The molecule has 102 valence electrons. The average Bonchev–Trinajstić information content (AvgIpc) is 2.24. The second-order valence-electron chi connectivity index (χ2n) is 6.16. The predicted octanol–water partition coefficient (Wildman–Crippen LogP) is 2.93. The normalized spacial score (nSPS) is 25.8. The molecule has 0 amide bonds. The lowest BCUT2D eigenvalue weighted by atomic mass is 9.68. The van der Waals surface area contributed by atoms with E-state index in [1.807, 2.05) is 0 Å². The number of rotatable bonds is 3. The third-order valence-electron chi connectivity index (χ3n) is 3.92. The van der Waals surface area contributed by atoms with Gasteiger partial charge in [0.25, 0.3) is 0 Å². The number of carboxylic acid groups (broad SMARTS) is 2. The van der Waals surface area contributed by atoms with Crippen molar-refractivity contribution in [3.63, 3.8) is 0 Å². The van der Waals surface area contributed by atoms with Crippen molar-refractivity contribution >= 4 is 11.9 Å². The molecule has 0 heterocycles. The largest absolute Gasteiger partial charge is 0.478 e. The van der Waals surface area contributed by atoms with Gasteiger partial charge in [0.2, 0.25) is 0 Å². The summed E-state index contributed by atoms with van der Waals surface area (Å²) in [4.78, 5) is 21.7. The maximum absolute atomic E-state index is 11.1. The zero-order valence-corrected chi connectivity index (χ0v) is 11.3. The molecule has 0 aromatic rings. The van der Waals surface area contributed by atoms with Gasteiger partial charge in [-0.3, -0.25) is 0 Å². The molecule has 0 spiro atoms. The van der Waals surface area contributed by atoms with Crippen LogP contribution >= 0.6 is 0 Å². The zero-order valence-electron chi connectivity index (χ0n) is 11.3. The van der Waals surface area contributed by atoms with Crippen LogP contribution in [0.15, 0.2) is 11.6 Å². The van der Waals surface area contributed by atoms with Gasteiger partial charge in [0.1, 0.15) is 0 Å². The van der Waals surface area contributed by atoms with Crippen LogP contribution in [0.25, 0.3) is 0 Å². The predicted molar refractivity (Wildman–Crippen MR) is 68.3 cm³/mol. The van der Waals surface area contributed by atoms with Crippen molar-refractivity contribution < 1.29 is 19.8 Å². The number of aliphatic carboxylic acids is 2. The Balaban J connectivity index is 2.72. The summed E-state index contributed by atoms with van der Waals surface area (Å²) < 4.78 is 0. The minimum absolute atomic E-state index is 0.0508. The Morgan fingerprint density at radius 1 is 1.06 bits per heavy atom. The van der Waals surface area contributed by atoms with Crippen LogP contribution in [0.3, 0.4) is 0 Å². The van der Waals surface area contributed by atoms with Gasteiger partial charge in [-0.2, -0.15) is 0 Å². The van der Waals surface area contributed by atoms with E-state index in [4.69, 9.17) is 10.2 Å². The van der Waals surface area contributed by atoms with Crippen LogP contribution in [0.1, 0.15) is 46.5 Å². The molecule has 4 heteroatoms. The lowest BCUT2D eigenvalue weighted by molar-refractivity contribution is -0.135. The first-order valence-electron chi connectivity index (χ1n) is 6.39. The molecule has 1 aliphatic rings. The maximum Gasteiger partial charge on any atom is 0.332 e. The molecule has 0 unspecified atom stereocenters. The van der Waals surface area contributed by atoms with Crippen molar-refractivity contribution in [2.45, 2.75) is 46.5 Å². The van der Waals surface area contributed by atoms with Crippen molar-refractivity contribution in [1.29, 1.82) is 0 Å². The minimum Gasteiger partial charge on any atom is -0.478 e. The van der Waals surface area contributed by atoms with Crippen LogP contribution in [0.4, 0.5) is 0 Å². The molecule has 18 heavy (non-hydrogen) atoms. The van der Waals surface area contributed by atoms with Gasteiger partial charge in [-0.05, 0) is 42.9 Å². The van der Waals surface area contributed by atoms with E-state index < -0.39 is 11.9 Å². The van der Waals surface area contributed by atoms with Gasteiger partial charge in [0, 0.05) is 11.6 Å². The summed E-state index contributed by atoms with van der Waals surface area (Å²) in [5, 5.41) is 17.8. The monoisotopic (exact) mass is 254 g/mol. The first-order chi connectivity index (χ1) is 8.21. The molecule has 0 saturated heterocycles. The Kier molecular flexibility index (Phi) is 4.54. The van der Waals surface area contributed by atoms with Crippen LogP contribution in [-0.4, -0.2) is 22.2 Å². The summed E-state index contributed by atoms with van der Waals surface area (Å²) in [6, 6.07) is 0. The highest BCUT2D eigenvalue weighted by Crippen LogP contribution is 2.41. The molecular formula is C14H22O4. The number of carboxylic acids is 2. The van der Waals surface area contributed by atoms with Crippen LogP contribution < -0.4 is 0 Å². The van der Waals surface area contributed by atoms with E-state index >= 15 is 0 Å². The van der Waals surface area contributed by atoms with E-state index in [9.17, 15) is 9.59 Å². The van der Waals surface area contributed by atoms with Gasteiger partial charge in [0.15, 0.2) is 0 Å². The summed E-state index contributed by atoms with van der Waals surface area (Å²) in [6.07, 6.45) is 4.34. The second kappa shape index (κ2) is 5.55. The Morgan fingerprint density at radius 3 is 1.89 bits per heavy atom. The SMILES string of the molecule is CC(C)(C)C1CCC(/C(=C\C(=O)O)C(=O)O)CC1. The standard InChI is InChI=1S/C14H22O4/c1-14(2,3)10-6-4-9(5-7-10)11(13(17)18)8-12(15)16/h8-10H,4-7H2,1-3H3,(H,15,16)(H,17,18)/b11-8+. The fourth-order valence-electron chi connectivity index (χ4n) is 2.76. The lowest BCUT2D eigenvalue weighted by Gasteiger charge is -2.37. The fraction of sp³-hybridized carbons (Fsp3) is 0.714. The highest BCUT2D eigenvalue weighted by atomic mass is 16.4. The summed E-state index contributed by atoms with van der Waals surface area (Å²) in [5.74, 6) is -1.80. The van der Waals surface area contributed by atoms with Crippen molar-refractivity contribution in [1.82, 2.24) is 0 Å². The quantitative estimate of drug-likeness (QED) is 0.759. The van der Waals surface area contributed by atoms with E-state index in [1.54, 1.807) is 0 Å². The molecule has 1 fully saturated rings. The van der Waals surface area contributed by atoms with E-state index in [1.165, 1.54) is 0 Å². The number of carbonyl (C=O) groups is 2. The maximum atomic E-state index is 11.1. The van der Waals surface area contributed by atoms with Gasteiger partial charge < -0.3 is 10.2 Å².